The van der Waals surface area contributed by atoms with Crippen LogP contribution in [0.2, 0.25) is 0 Å². The summed E-state index contributed by atoms with van der Waals surface area (Å²) >= 11 is 1.85. The van der Waals surface area contributed by atoms with Crippen molar-refractivity contribution >= 4 is 11.8 Å². The van der Waals surface area contributed by atoms with Gasteiger partial charge < -0.3 is 14.9 Å². The van der Waals surface area contributed by atoms with E-state index in [1.807, 2.05) is 18.7 Å². The number of nitrogens with one attached hydrogen (secondary N) is 1. The minimum Gasteiger partial charge on any atom is -0.388 e. The first kappa shape index (κ1) is 15.3. The number of rotatable bonds is 5. The van der Waals surface area contributed by atoms with Gasteiger partial charge in [0.1, 0.15) is 0 Å². The molecule has 1 saturated carbocycles. The molecule has 5 nitrogen and oxygen atoms in total. The summed E-state index contributed by atoms with van der Waals surface area (Å²) in [5, 5.41) is 17.9. The summed E-state index contributed by atoms with van der Waals surface area (Å²) in [6.07, 6.45) is 6.18. The highest BCUT2D eigenvalue weighted by Crippen LogP contribution is 2.33. The zero-order valence-corrected chi connectivity index (χ0v) is 13.5. The van der Waals surface area contributed by atoms with E-state index in [2.05, 4.69) is 15.5 Å². The number of hydrogen-bond acceptors (Lipinski definition) is 6. The molecule has 2 aliphatic rings. The molecule has 0 amide bonds. The van der Waals surface area contributed by atoms with Crippen molar-refractivity contribution in [1.29, 1.82) is 0 Å². The van der Waals surface area contributed by atoms with E-state index in [0.29, 0.717) is 12.0 Å². The zero-order valence-electron chi connectivity index (χ0n) is 12.7. The van der Waals surface area contributed by atoms with Gasteiger partial charge >= 0.3 is 0 Å². The van der Waals surface area contributed by atoms with E-state index in [-0.39, 0.29) is 0 Å². The van der Waals surface area contributed by atoms with Gasteiger partial charge in [0, 0.05) is 30.7 Å². The van der Waals surface area contributed by atoms with Crippen molar-refractivity contribution in [2.75, 3.05) is 18.1 Å². The van der Waals surface area contributed by atoms with Gasteiger partial charge in [0.15, 0.2) is 5.82 Å². The fraction of sp³-hybridized carbons (Fsp3) is 0.867. The first-order valence-electron chi connectivity index (χ1n) is 8.04. The van der Waals surface area contributed by atoms with E-state index in [1.54, 1.807) is 0 Å². The molecule has 21 heavy (non-hydrogen) atoms. The molecule has 1 aromatic rings. The molecule has 2 N–H and O–H groups in total. The first-order chi connectivity index (χ1) is 10.2. The predicted octanol–water partition coefficient (Wildman–Crippen LogP) is 2.12. The molecule has 2 fully saturated rings. The van der Waals surface area contributed by atoms with Crippen molar-refractivity contribution in [3.63, 3.8) is 0 Å². The van der Waals surface area contributed by atoms with Crippen LogP contribution in [0.1, 0.15) is 56.7 Å². The van der Waals surface area contributed by atoms with Gasteiger partial charge in [-0.05, 0) is 37.9 Å². The third-order valence-corrected chi connectivity index (χ3v) is 5.91. The van der Waals surface area contributed by atoms with Crippen LogP contribution in [0.5, 0.6) is 0 Å². The number of aromatic nitrogens is 2. The number of nitrogens with zero attached hydrogens (tertiary/aromatic N) is 2. The maximum absolute atomic E-state index is 10.4. The van der Waals surface area contributed by atoms with Crippen LogP contribution >= 0.6 is 11.8 Å². The lowest BCUT2D eigenvalue weighted by Gasteiger charge is -2.30. The Kier molecular flexibility index (Phi) is 4.86. The molecule has 1 saturated heterocycles. The van der Waals surface area contributed by atoms with Crippen LogP contribution in [0.3, 0.4) is 0 Å². The predicted molar refractivity (Wildman–Crippen MR) is 83.6 cm³/mol. The largest absolute Gasteiger partial charge is 0.388 e. The molecule has 0 aromatic carbocycles. The Labute approximate surface area is 130 Å². The average Bonchev–Trinajstić information content (AvgIpc) is 3.15. The number of thioether (sulfide) groups is 1. The Bertz CT molecular complexity index is 452. The van der Waals surface area contributed by atoms with Crippen LogP contribution in [-0.4, -0.2) is 44.9 Å². The highest BCUT2D eigenvalue weighted by atomic mass is 32.2. The lowest BCUT2D eigenvalue weighted by Crippen LogP contribution is -2.45. The quantitative estimate of drug-likeness (QED) is 0.868. The molecule has 0 spiro atoms. The molecule has 1 aliphatic carbocycles. The third-order valence-electron chi connectivity index (χ3n) is 4.68. The summed E-state index contributed by atoms with van der Waals surface area (Å²) in [5.41, 5.74) is -0.482. The van der Waals surface area contributed by atoms with E-state index >= 15 is 0 Å². The van der Waals surface area contributed by atoms with E-state index in [1.165, 1.54) is 0 Å². The second-order valence-corrected chi connectivity index (χ2v) is 7.46. The molecule has 0 bridgehead atoms. The molecule has 2 heterocycles. The van der Waals surface area contributed by atoms with Crippen LogP contribution in [0.25, 0.3) is 0 Å². The Morgan fingerprint density at radius 3 is 2.81 bits per heavy atom. The highest BCUT2D eigenvalue weighted by molar-refractivity contribution is 7.99. The molecule has 6 heteroatoms. The van der Waals surface area contributed by atoms with Crippen LogP contribution in [-0.2, 0) is 6.42 Å². The number of hydrogen-bond donors (Lipinski definition) is 2. The number of aryl methyl sites for hydroxylation is 1. The maximum Gasteiger partial charge on any atom is 0.229 e. The van der Waals surface area contributed by atoms with Crippen molar-refractivity contribution in [2.45, 2.75) is 63.0 Å². The average molecular weight is 311 g/mol. The van der Waals surface area contributed by atoms with E-state index < -0.39 is 5.60 Å². The highest BCUT2D eigenvalue weighted by Gasteiger charge is 2.33. The molecule has 3 rings (SSSR count). The number of aliphatic hydroxyl groups is 1. The fourth-order valence-electron chi connectivity index (χ4n) is 3.19. The van der Waals surface area contributed by atoms with Crippen LogP contribution in [0, 0.1) is 0 Å². The van der Waals surface area contributed by atoms with Crippen molar-refractivity contribution in [3.8, 4) is 0 Å². The fourth-order valence-corrected chi connectivity index (χ4v) is 4.49. The summed E-state index contributed by atoms with van der Waals surface area (Å²) in [7, 11) is 0. The summed E-state index contributed by atoms with van der Waals surface area (Å²) in [6, 6.07) is 0.518. The summed E-state index contributed by atoms with van der Waals surface area (Å²) < 4.78 is 5.36. The smallest absolute Gasteiger partial charge is 0.229 e. The molecule has 0 radical (unpaired) electrons. The van der Waals surface area contributed by atoms with Gasteiger partial charge in [0.25, 0.3) is 0 Å². The zero-order chi connectivity index (χ0) is 14.7. The molecular weight excluding hydrogens is 286 g/mol. The summed E-state index contributed by atoms with van der Waals surface area (Å²) in [5.74, 6) is 4.00. The van der Waals surface area contributed by atoms with Gasteiger partial charge in [-0.25, -0.2) is 0 Å². The van der Waals surface area contributed by atoms with E-state index in [0.717, 1.165) is 68.3 Å². The SMILES string of the molecule is CCc1noc(C2CCC(NCC3(O)CCSC3)CC2)n1. The summed E-state index contributed by atoms with van der Waals surface area (Å²) in [4.78, 5) is 4.46. The standard InChI is InChI=1S/C15H25N3O2S/c1-2-13-17-14(20-18-13)11-3-5-12(6-4-11)16-9-15(19)7-8-21-10-15/h11-12,16,19H,2-10H2,1H3. The summed E-state index contributed by atoms with van der Waals surface area (Å²) in [6.45, 7) is 2.78. The van der Waals surface area contributed by atoms with Gasteiger partial charge in [-0.15, -0.1) is 0 Å². The molecule has 1 unspecified atom stereocenters. The van der Waals surface area contributed by atoms with E-state index in [9.17, 15) is 5.11 Å². The Morgan fingerprint density at radius 1 is 1.38 bits per heavy atom. The van der Waals surface area contributed by atoms with Crippen molar-refractivity contribution in [1.82, 2.24) is 15.5 Å². The Morgan fingerprint density at radius 2 is 2.19 bits per heavy atom. The molecule has 1 atom stereocenters. The molecule has 1 aliphatic heterocycles. The Hall–Kier alpha value is -0.590. The Balaban J connectivity index is 1.44. The van der Waals surface area contributed by atoms with Gasteiger partial charge in [-0.2, -0.15) is 16.7 Å². The van der Waals surface area contributed by atoms with E-state index in [4.69, 9.17) is 4.52 Å². The van der Waals surface area contributed by atoms with Gasteiger partial charge in [0.2, 0.25) is 5.89 Å². The first-order valence-corrected chi connectivity index (χ1v) is 9.20. The van der Waals surface area contributed by atoms with Crippen molar-refractivity contribution in [3.05, 3.63) is 11.7 Å². The molecule has 1 aromatic heterocycles. The maximum atomic E-state index is 10.4. The second-order valence-electron chi connectivity index (χ2n) is 6.36. The van der Waals surface area contributed by atoms with Gasteiger partial charge in [-0.3, -0.25) is 0 Å². The van der Waals surface area contributed by atoms with Crippen molar-refractivity contribution in [2.24, 2.45) is 0 Å². The van der Waals surface area contributed by atoms with Crippen LogP contribution < -0.4 is 5.32 Å². The van der Waals surface area contributed by atoms with Gasteiger partial charge in [0.05, 0.1) is 5.60 Å². The molecule has 118 valence electrons. The topological polar surface area (TPSA) is 71.2 Å². The second kappa shape index (κ2) is 6.67. The monoisotopic (exact) mass is 311 g/mol. The lowest BCUT2D eigenvalue weighted by atomic mass is 9.85. The van der Waals surface area contributed by atoms with Gasteiger partial charge in [-0.1, -0.05) is 12.1 Å². The molecular formula is C15H25N3O2S. The third kappa shape index (κ3) is 3.79. The van der Waals surface area contributed by atoms with Crippen molar-refractivity contribution < 1.29 is 9.63 Å². The minimum atomic E-state index is -0.482. The lowest BCUT2D eigenvalue weighted by molar-refractivity contribution is 0.0624. The van der Waals surface area contributed by atoms with Crippen LogP contribution in [0.15, 0.2) is 4.52 Å². The minimum absolute atomic E-state index is 0.418. The normalized spacial score (nSPS) is 33.4. The van der Waals surface area contributed by atoms with Crippen LogP contribution in [0.4, 0.5) is 0 Å².